The third-order valence-electron chi connectivity index (χ3n) is 2.74. The zero-order valence-corrected chi connectivity index (χ0v) is 9.95. The fraction of sp³-hybridized carbons (Fsp3) is 0.133. The maximum Gasteiger partial charge on any atom is 0.179 e. The largest absolute Gasteiger partial charge is 0.358 e. The predicted octanol–water partition coefficient (Wildman–Crippen LogP) is 3.97. The van der Waals surface area contributed by atoms with Crippen molar-refractivity contribution in [3.63, 3.8) is 0 Å². The van der Waals surface area contributed by atoms with Crippen molar-refractivity contribution in [1.29, 1.82) is 0 Å². The molecule has 0 bridgehead atoms. The number of nitrogens with one attached hydrogen (secondary N) is 1. The number of ketones is 1. The molecule has 0 saturated carbocycles. The first kappa shape index (κ1) is 12.3. The van der Waals surface area contributed by atoms with Crippen molar-refractivity contribution < 1.29 is 9.18 Å². The number of hydrogen-bond donors (Lipinski definition) is 1. The van der Waals surface area contributed by atoms with E-state index in [0.717, 1.165) is 11.1 Å². The lowest BCUT2D eigenvalue weighted by Crippen LogP contribution is -1.97. The summed E-state index contributed by atoms with van der Waals surface area (Å²) in [5.41, 5.74) is 2.35. The van der Waals surface area contributed by atoms with Crippen LogP contribution in [0.1, 0.15) is 23.3 Å². The van der Waals surface area contributed by atoms with E-state index in [0.29, 0.717) is 18.5 Å². The second-order valence-corrected chi connectivity index (χ2v) is 4.06. The van der Waals surface area contributed by atoms with Crippen molar-refractivity contribution in [3.05, 3.63) is 60.7 Å². The molecule has 0 aliphatic heterocycles. The smallest absolute Gasteiger partial charge is 0.179 e. The van der Waals surface area contributed by atoms with Crippen LogP contribution >= 0.6 is 0 Å². The number of carbonyl (C=O) groups is 1. The molecule has 1 N–H and O–H groups in total. The van der Waals surface area contributed by atoms with Gasteiger partial charge in [-0.1, -0.05) is 18.2 Å². The molecule has 2 rings (SSSR count). The fourth-order valence-electron chi connectivity index (χ4n) is 1.73. The topological polar surface area (TPSA) is 32.9 Å². The van der Waals surface area contributed by atoms with Crippen LogP contribution in [0, 0.1) is 5.82 Å². The van der Waals surface area contributed by atoms with E-state index in [1.54, 1.807) is 30.5 Å². The number of aromatic amines is 1. The summed E-state index contributed by atoms with van der Waals surface area (Å²) in [7, 11) is 0. The Morgan fingerprint density at radius 2 is 2.00 bits per heavy atom. The lowest BCUT2D eigenvalue weighted by Gasteiger charge is -1.96. The lowest BCUT2D eigenvalue weighted by molar-refractivity contribution is 0.0979. The zero-order chi connectivity index (χ0) is 13.0. The third-order valence-corrected chi connectivity index (χ3v) is 2.74. The standard InChI is InChI=1S/C15H14FNO/c1-2-3-4-15(18)14-9-12(10-17-14)11-5-7-13(16)8-6-11/h2,5-10,17H,1,3-4H2. The highest BCUT2D eigenvalue weighted by atomic mass is 19.1. The summed E-state index contributed by atoms with van der Waals surface area (Å²) in [4.78, 5) is 14.7. The molecule has 0 radical (unpaired) electrons. The monoisotopic (exact) mass is 243 g/mol. The average molecular weight is 243 g/mol. The molecule has 18 heavy (non-hydrogen) atoms. The second-order valence-electron chi connectivity index (χ2n) is 4.06. The molecule has 0 spiro atoms. The van der Waals surface area contributed by atoms with E-state index in [1.165, 1.54) is 12.1 Å². The Hall–Kier alpha value is -2.16. The van der Waals surface area contributed by atoms with Crippen molar-refractivity contribution in [2.24, 2.45) is 0 Å². The minimum atomic E-state index is -0.267. The molecule has 0 atom stereocenters. The van der Waals surface area contributed by atoms with Gasteiger partial charge in [-0.05, 0) is 35.7 Å². The maximum absolute atomic E-state index is 12.8. The van der Waals surface area contributed by atoms with Gasteiger partial charge in [0, 0.05) is 12.6 Å². The van der Waals surface area contributed by atoms with Crippen molar-refractivity contribution in [2.45, 2.75) is 12.8 Å². The normalized spacial score (nSPS) is 10.3. The predicted molar refractivity (Wildman–Crippen MR) is 69.9 cm³/mol. The van der Waals surface area contributed by atoms with Crippen molar-refractivity contribution in [3.8, 4) is 11.1 Å². The highest BCUT2D eigenvalue weighted by Crippen LogP contribution is 2.21. The number of H-pyrrole nitrogens is 1. The summed E-state index contributed by atoms with van der Waals surface area (Å²) in [6.07, 6.45) is 4.60. The number of halogens is 1. The van der Waals surface area contributed by atoms with Crippen LogP contribution in [-0.4, -0.2) is 10.8 Å². The Bertz CT molecular complexity index is 554. The summed E-state index contributed by atoms with van der Waals surface area (Å²) < 4.78 is 12.8. The number of allylic oxidation sites excluding steroid dienone is 1. The van der Waals surface area contributed by atoms with Crippen molar-refractivity contribution in [2.75, 3.05) is 0 Å². The van der Waals surface area contributed by atoms with Gasteiger partial charge in [-0.2, -0.15) is 0 Å². The minimum Gasteiger partial charge on any atom is -0.358 e. The van der Waals surface area contributed by atoms with Gasteiger partial charge < -0.3 is 4.98 Å². The molecular formula is C15H14FNO. The summed E-state index contributed by atoms with van der Waals surface area (Å²) in [5, 5.41) is 0. The maximum atomic E-state index is 12.8. The summed E-state index contributed by atoms with van der Waals surface area (Å²) in [6, 6.07) is 7.98. The first-order valence-electron chi connectivity index (χ1n) is 5.79. The Balaban J connectivity index is 2.17. The van der Waals surface area contributed by atoms with Crippen LogP contribution in [0.25, 0.3) is 11.1 Å². The van der Waals surface area contributed by atoms with Gasteiger partial charge in [0.25, 0.3) is 0 Å². The number of aromatic nitrogens is 1. The van der Waals surface area contributed by atoms with Crippen LogP contribution in [0.3, 0.4) is 0 Å². The summed E-state index contributed by atoms with van der Waals surface area (Å²) in [6.45, 7) is 3.59. The van der Waals surface area contributed by atoms with E-state index in [4.69, 9.17) is 0 Å². The number of carbonyl (C=O) groups excluding carboxylic acids is 1. The lowest BCUT2D eigenvalue weighted by atomic mass is 10.1. The zero-order valence-electron chi connectivity index (χ0n) is 9.95. The number of benzene rings is 1. The summed E-state index contributed by atoms with van der Waals surface area (Å²) >= 11 is 0. The molecular weight excluding hydrogens is 229 g/mol. The molecule has 0 unspecified atom stereocenters. The van der Waals surface area contributed by atoms with Gasteiger partial charge in [0.1, 0.15) is 5.82 Å². The second kappa shape index (κ2) is 5.45. The van der Waals surface area contributed by atoms with E-state index in [9.17, 15) is 9.18 Å². The van der Waals surface area contributed by atoms with E-state index < -0.39 is 0 Å². The highest BCUT2D eigenvalue weighted by Gasteiger charge is 2.08. The average Bonchev–Trinajstić information content (AvgIpc) is 2.86. The molecule has 0 amide bonds. The molecule has 1 heterocycles. The van der Waals surface area contributed by atoms with E-state index >= 15 is 0 Å². The molecule has 0 aliphatic carbocycles. The molecule has 1 aromatic carbocycles. The Labute approximate surface area is 105 Å². The fourth-order valence-corrected chi connectivity index (χ4v) is 1.73. The molecule has 3 heteroatoms. The van der Waals surface area contributed by atoms with Gasteiger partial charge in [-0.15, -0.1) is 6.58 Å². The van der Waals surface area contributed by atoms with Crippen LogP contribution in [0.15, 0.2) is 49.2 Å². The minimum absolute atomic E-state index is 0.0586. The van der Waals surface area contributed by atoms with E-state index in [1.807, 2.05) is 0 Å². The first-order valence-corrected chi connectivity index (χ1v) is 5.79. The molecule has 2 nitrogen and oxygen atoms in total. The summed E-state index contributed by atoms with van der Waals surface area (Å²) in [5.74, 6) is -0.208. The van der Waals surface area contributed by atoms with Crippen molar-refractivity contribution in [1.82, 2.24) is 4.98 Å². The first-order chi connectivity index (χ1) is 8.70. The van der Waals surface area contributed by atoms with Crippen LogP contribution in [0.5, 0.6) is 0 Å². The molecule has 92 valence electrons. The van der Waals surface area contributed by atoms with Crippen molar-refractivity contribution >= 4 is 5.78 Å². The number of rotatable bonds is 5. The van der Waals surface area contributed by atoms with Gasteiger partial charge in [-0.3, -0.25) is 4.79 Å². The van der Waals surface area contributed by atoms with Gasteiger partial charge in [0.05, 0.1) is 5.69 Å². The Kier molecular flexibility index (Phi) is 3.72. The van der Waals surface area contributed by atoms with Gasteiger partial charge in [-0.25, -0.2) is 4.39 Å². The Morgan fingerprint density at radius 3 is 2.67 bits per heavy atom. The van der Waals surface area contributed by atoms with E-state index in [2.05, 4.69) is 11.6 Å². The van der Waals surface area contributed by atoms with Crippen LogP contribution in [0.4, 0.5) is 4.39 Å². The molecule has 2 aromatic rings. The van der Waals surface area contributed by atoms with Gasteiger partial charge >= 0.3 is 0 Å². The Morgan fingerprint density at radius 1 is 1.28 bits per heavy atom. The molecule has 0 aliphatic rings. The highest BCUT2D eigenvalue weighted by molar-refractivity contribution is 5.95. The molecule has 0 fully saturated rings. The SMILES string of the molecule is C=CCCC(=O)c1cc(-c2ccc(F)cc2)c[nH]1. The van der Waals surface area contributed by atoms with Gasteiger partial charge in [0.2, 0.25) is 0 Å². The number of hydrogen-bond acceptors (Lipinski definition) is 1. The quantitative estimate of drug-likeness (QED) is 0.625. The van der Waals surface area contributed by atoms with Crippen LogP contribution in [0.2, 0.25) is 0 Å². The number of Topliss-reactive ketones (excluding diaryl/α,β-unsaturated/α-hetero) is 1. The van der Waals surface area contributed by atoms with Gasteiger partial charge in [0.15, 0.2) is 5.78 Å². The van der Waals surface area contributed by atoms with E-state index in [-0.39, 0.29) is 11.6 Å². The molecule has 0 saturated heterocycles. The van der Waals surface area contributed by atoms with Crippen LogP contribution < -0.4 is 0 Å². The third kappa shape index (κ3) is 2.74. The van der Waals surface area contributed by atoms with Crippen LogP contribution in [-0.2, 0) is 0 Å². The molecule has 1 aromatic heterocycles.